The summed E-state index contributed by atoms with van der Waals surface area (Å²) in [6.07, 6.45) is -5.52. The third-order valence-corrected chi connectivity index (χ3v) is 3.09. The quantitative estimate of drug-likeness (QED) is 0.913. The maximum Gasteiger partial charge on any atom is 0.415 e. The molecular formula is C10H9F3N2O3S. The van der Waals surface area contributed by atoms with Crippen LogP contribution < -0.4 is 0 Å². The van der Waals surface area contributed by atoms with Gasteiger partial charge < -0.3 is 14.0 Å². The van der Waals surface area contributed by atoms with Gasteiger partial charge >= 0.3 is 6.18 Å². The minimum Gasteiger partial charge on any atom is -0.461 e. The minimum absolute atomic E-state index is 0.0842. The molecule has 5 nitrogen and oxygen atoms in total. The number of halogens is 3. The third kappa shape index (κ3) is 3.74. The summed E-state index contributed by atoms with van der Waals surface area (Å²) in [6.45, 7) is 0. The molecule has 2 heterocycles. The molecular weight excluding hydrogens is 285 g/mol. The Bertz CT molecular complexity index is 512. The topological polar surface area (TPSA) is 72.3 Å². The first kappa shape index (κ1) is 13.9. The molecule has 0 fully saturated rings. The van der Waals surface area contributed by atoms with Gasteiger partial charge in [0.25, 0.3) is 0 Å². The molecule has 1 atom stereocenters. The highest BCUT2D eigenvalue weighted by Crippen LogP contribution is 2.24. The van der Waals surface area contributed by atoms with Crippen LogP contribution in [0.15, 0.2) is 27.3 Å². The van der Waals surface area contributed by atoms with E-state index in [4.69, 9.17) is 14.0 Å². The van der Waals surface area contributed by atoms with E-state index in [1.165, 1.54) is 6.26 Å². The monoisotopic (exact) mass is 294 g/mol. The second-order valence-corrected chi connectivity index (χ2v) is 4.59. The van der Waals surface area contributed by atoms with Gasteiger partial charge in [0, 0.05) is 5.75 Å². The number of hydrogen-bond acceptors (Lipinski definition) is 6. The number of nitrogens with zero attached hydrogens (tertiary/aromatic N) is 2. The van der Waals surface area contributed by atoms with Crippen LogP contribution in [0, 0.1) is 0 Å². The van der Waals surface area contributed by atoms with Crippen LogP contribution in [-0.4, -0.2) is 33.3 Å². The predicted octanol–water partition coefficient (Wildman–Crippen LogP) is 2.49. The molecule has 9 heteroatoms. The molecule has 0 aliphatic rings. The third-order valence-electron chi connectivity index (χ3n) is 2.09. The largest absolute Gasteiger partial charge is 0.461 e. The van der Waals surface area contributed by atoms with Crippen molar-refractivity contribution in [2.24, 2.45) is 0 Å². The number of aromatic nitrogens is 2. The second kappa shape index (κ2) is 5.66. The van der Waals surface area contributed by atoms with Crippen LogP contribution in [0.25, 0.3) is 11.6 Å². The van der Waals surface area contributed by atoms with Crippen LogP contribution in [-0.2, 0) is 5.75 Å². The molecule has 0 amide bonds. The summed E-state index contributed by atoms with van der Waals surface area (Å²) in [5, 5.41) is 12.4. The van der Waals surface area contributed by atoms with E-state index < -0.39 is 18.0 Å². The molecule has 0 radical (unpaired) electrons. The summed E-state index contributed by atoms with van der Waals surface area (Å²) in [7, 11) is 0. The summed E-state index contributed by atoms with van der Waals surface area (Å²) in [6, 6.07) is 3.29. The van der Waals surface area contributed by atoms with E-state index in [0.29, 0.717) is 5.76 Å². The smallest absolute Gasteiger partial charge is 0.415 e. The van der Waals surface area contributed by atoms with E-state index in [1.807, 2.05) is 0 Å². The molecule has 0 spiro atoms. The van der Waals surface area contributed by atoms with Crippen LogP contribution in [0.5, 0.6) is 0 Å². The van der Waals surface area contributed by atoms with Crippen LogP contribution in [0.2, 0.25) is 0 Å². The van der Waals surface area contributed by atoms with E-state index in [9.17, 15) is 13.2 Å². The lowest BCUT2D eigenvalue weighted by Gasteiger charge is -2.12. The van der Waals surface area contributed by atoms with E-state index in [1.54, 1.807) is 12.1 Å². The number of hydrogen-bond donors (Lipinski definition) is 1. The van der Waals surface area contributed by atoms with Crippen molar-refractivity contribution in [3.8, 4) is 11.6 Å². The fraction of sp³-hybridized carbons (Fsp3) is 0.400. The first-order chi connectivity index (χ1) is 8.97. The fourth-order valence-electron chi connectivity index (χ4n) is 1.17. The van der Waals surface area contributed by atoms with Crippen molar-refractivity contribution in [2.45, 2.75) is 18.0 Å². The summed E-state index contributed by atoms with van der Waals surface area (Å²) < 4.78 is 46.0. The Morgan fingerprint density at radius 1 is 1.42 bits per heavy atom. The summed E-state index contributed by atoms with van der Waals surface area (Å²) >= 11 is 0.855. The Balaban J connectivity index is 1.85. The molecule has 0 aliphatic carbocycles. The molecule has 2 aromatic rings. The van der Waals surface area contributed by atoms with Crippen molar-refractivity contribution < 1.29 is 27.2 Å². The van der Waals surface area contributed by atoms with Gasteiger partial charge in [-0.05, 0) is 12.1 Å². The van der Waals surface area contributed by atoms with Gasteiger partial charge in [0.05, 0.1) is 12.0 Å². The highest BCUT2D eigenvalue weighted by atomic mass is 32.2. The highest BCUT2D eigenvalue weighted by Gasteiger charge is 2.37. The first-order valence-electron chi connectivity index (χ1n) is 5.16. The molecule has 0 unspecified atom stereocenters. The molecule has 104 valence electrons. The van der Waals surface area contributed by atoms with Crippen LogP contribution in [0.3, 0.4) is 0 Å². The Morgan fingerprint density at radius 2 is 2.21 bits per heavy atom. The Hall–Kier alpha value is -1.48. The molecule has 0 saturated heterocycles. The number of furan rings is 1. The molecule has 1 N–H and O–H groups in total. The lowest BCUT2D eigenvalue weighted by atomic mass is 10.4. The van der Waals surface area contributed by atoms with Gasteiger partial charge in [-0.3, -0.25) is 0 Å². The van der Waals surface area contributed by atoms with Crippen molar-refractivity contribution in [1.29, 1.82) is 0 Å². The number of alkyl halides is 3. The normalized spacial score (nSPS) is 13.7. The molecule has 0 aromatic carbocycles. The van der Waals surface area contributed by atoms with Gasteiger partial charge in [-0.15, -0.1) is 11.8 Å². The Kier molecular flexibility index (Phi) is 4.15. The molecule has 0 aliphatic heterocycles. The van der Waals surface area contributed by atoms with E-state index in [0.717, 1.165) is 11.8 Å². The Morgan fingerprint density at radius 3 is 2.84 bits per heavy atom. The van der Waals surface area contributed by atoms with Crippen molar-refractivity contribution >= 4 is 11.8 Å². The summed E-state index contributed by atoms with van der Waals surface area (Å²) in [5.74, 6) is 0.418. The molecule has 0 saturated carbocycles. The average Bonchev–Trinajstić information content (AvgIpc) is 2.97. The van der Waals surface area contributed by atoms with Gasteiger partial charge in [0.2, 0.25) is 11.7 Å². The predicted molar refractivity (Wildman–Crippen MR) is 60.2 cm³/mol. The second-order valence-electron chi connectivity index (χ2n) is 3.56. The van der Waals surface area contributed by atoms with Crippen molar-refractivity contribution in [3.05, 3.63) is 24.3 Å². The highest BCUT2D eigenvalue weighted by molar-refractivity contribution is 7.98. The minimum atomic E-state index is -4.61. The molecule has 19 heavy (non-hydrogen) atoms. The van der Waals surface area contributed by atoms with Gasteiger partial charge in [-0.1, -0.05) is 5.16 Å². The van der Waals surface area contributed by atoms with Gasteiger partial charge in [0.15, 0.2) is 11.9 Å². The van der Waals surface area contributed by atoms with Crippen LogP contribution in [0.4, 0.5) is 13.2 Å². The molecule has 2 aromatic heterocycles. The fourth-order valence-corrected chi connectivity index (χ4v) is 1.99. The summed E-state index contributed by atoms with van der Waals surface area (Å²) in [4.78, 5) is 3.96. The summed E-state index contributed by atoms with van der Waals surface area (Å²) in [5.41, 5.74) is 0. The van der Waals surface area contributed by atoms with Crippen molar-refractivity contribution in [3.63, 3.8) is 0 Å². The van der Waals surface area contributed by atoms with E-state index >= 15 is 0 Å². The SMILES string of the molecule is O[C@@H](CSCc1nc(-c2ccco2)no1)C(F)(F)F. The first-order valence-corrected chi connectivity index (χ1v) is 6.31. The maximum absolute atomic E-state index is 12.0. The van der Waals surface area contributed by atoms with Crippen LogP contribution in [0.1, 0.15) is 5.89 Å². The van der Waals surface area contributed by atoms with E-state index in [-0.39, 0.29) is 17.5 Å². The van der Waals surface area contributed by atoms with Crippen LogP contribution >= 0.6 is 11.8 Å². The van der Waals surface area contributed by atoms with Gasteiger partial charge in [0.1, 0.15) is 0 Å². The van der Waals surface area contributed by atoms with E-state index in [2.05, 4.69) is 10.1 Å². The number of aliphatic hydroxyl groups excluding tert-OH is 1. The lowest BCUT2D eigenvalue weighted by molar-refractivity contribution is -0.195. The standard InChI is InChI=1S/C10H9F3N2O3S/c11-10(12,13)7(16)4-19-5-8-14-9(15-18-8)6-2-1-3-17-6/h1-3,7,16H,4-5H2/t7-/m0/s1. The average molecular weight is 294 g/mol. The number of rotatable bonds is 5. The van der Waals surface area contributed by atoms with Gasteiger partial charge in [-0.2, -0.15) is 18.2 Å². The van der Waals surface area contributed by atoms with Gasteiger partial charge in [-0.25, -0.2) is 0 Å². The van der Waals surface area contributed by atoms with Crippen molar-refractivity contribution in [2.75, 3.05) is 5.75 Å². The zero-order valence-electron chi connectivity index (χ0n) is 9.42. The molecule has 0 bridgehead atoms. The zero-order valence-corrected chi connectivity index (χ0v) is 10.2. The zero-order chi connectivity index (χ0) is 13.9. The Labute approximate surface area is 109 Å². The number of aliphatic hydroxyl groups is 1. The molecule has 2 rings (SSSR count). The maximum atomic E-state index is 12.0. The van der Waals surface area contributed by atoms with Crippen molar-refractivity contribution in [1.82, 2.24) is 10.1 Å². The lowest BCUT2D eigenvalue weighted by Crippen LogP contribution is -2.30. The number of thioether (sulfide) groups is 1.